The first-order valence-corrected chi connectivity index (χ1v) is 6.47. The summed E-state index contributed by atoms with van der Waals surface area (Å²) in [6.45, 7) is 0. The van der Waals surface area contributed by atoms with Crippen LogP contribution in [0, 0.1) is 0 Å². The lowest BCUT2D eigenvalue weighted by atomic mass is 10.1. The maximum atomic E-state index is 11.1. The molecule has 6 heteroatoms. The summed E-state index contributed by atoms with van der Waals surface area (Å²) in [5.41, 5.74) is 1.26. The Balaban J connectivity index is 2.08. The van der Waals surface area contributed by atoms with E-state index in [4.69, 9.17) is 5.11 Å². The van der Waals surface area contributed by atoms with E-state index in [0.29, 0.717) is 16.6 Å². The number of pyridine rings is 1. The topological polar surface area (TPSA) is 95.1 Å². The Kier molecular flexibility index (Phi) is 3.49. The molecule has 6 nitrogen and oxygen atoms in total. The fourth-order valence-corrected chi connectivity index (χ4v) is 2.08. The van der Waals surface area contributed by atoms with E-state index in [-0.39, 0.29) is 17.0 Å². The molecule has 0 radical (unpaired) electrons. The quantitative estimate of drug-likeness (QED) is 0.712. The maximum absolute atomic E-state index is 11.1. The second-order valence-electron chi connectivity index (χ2n) is 4.53. The third kappa shape index (κ3) is 2.49. The van der Waals surface area contributed by atoms with Gasteiger partial charge in [-0.15, -0.1) is 10.2 Å². The number of aromatic hydroxyl groups is 1. The van der Waals surface area contributed by atoms with E-state index in [9.17, 15) is 9.90 Å². The molecule has 3 rings (SSSR count). The second kappa shape index (κ2) is 5.61. The summed E-state index contributed by atoms with van der Waals surface area (Å²) in [7, 11) is 0. The van der Waals surface area contributed by atoms with Crippen LogP contribution in [0.15, 0.2) is 65.0 Å². The van der Waals surface area contributed by atoms with E-state index in [1.165, 1.54) is 12.1 Å². The molecule has 1 aromatic heterocycles. The van der Waals surface area contributed by atoms with Crippen molar-refractivity contribution in [1.29, 1.82) is 0 Å². The number of azo groups is 1. The van der Waals surface area contributed by atoms with Crippen molar-refractivity contribution in [3.05, 3.63) is 60.3 Å². The highest BCUT2D eigenvalue weighted by Crippen LogP contribution is 2.32. The van der Waals surface area contributed by atoms with Gasteiger partial charge in [0.05, 0.1) is 11.3 Å². The van der Waals surface area contributed by atoms with Crippen molar-refractivity contribution in [3.63, 3.8) is 0 Å². The summed E-state index contributed by atoms with van der Waals surface area (Å²) < 4.78 is 0. The SMILES string of the molecule is O=C(O)c1ccccc1/N=N/c1ccc(O)c2ncccc12. The molecule has 0 amide bonds. The first kappa shape index (κ1) is 13.7. The number of carbonyl (C=O) groups is 1. The molecule has 0 spiro atoms. The minimum Gasteiger partial charge on any atom is -0.506 e. The highest BCUT2D eigenvalue weighted by molar-refractivity contribution is 5.94. The molecule has 0 bridgehead atoms. The third-order valence-electron chi connectivity index (χ3n) is 3.13. The van der Waals surface area contributed by atoms with E-state index in [0.717, 1.165) is 0 Å². The highest BCUT2D eigenvalue weighted by atomic mass is 16.4. The first-order chi connectivity index (χ1) is 10.7. The van der Waals surface area contributed by atoms with E-state index >= 15 is 0 Å². The maximum Gasteiger partial charge on any atom is 0.337 e. The number of carboxylic acids is 1. The summed E-state index contributed by atoms with van der Waals surface area (Å²) in [4.78, 5) is 15.2. The second-order valence-corrected chi connectivity index (χ2v) is 4.53. The predicted octanol–water partition coefficient (Wildman–Crippen LogP) is 4.05. The number of hydrogen-bond donors (Lipinski definition) is 2. The molecule has 108 valence electrons. The monoisotopic (exact) mass is 293 g/mol. The lowest BCUT2D eigenvalue weighted by Crippen LogP contribution is -1.95. The van der Waals surface area contributed by atoms with Crippen LogP contribution in [0.1, 0.15) is 10.4 Å². The molecule has 0 aliphatic rings. The van der Waals surface area contributed by atoms with Crippen molar-refractivity contribution in [2.75, 3.05) is 0 Å². The van der Waals surface area contributed by atoms with Crippen LogP contribution in [0.4, 0.5) is 11.4 Å². The Labute approximate surface area is 125 Å². The Bertz CT molecular complexity index is 891. The van der Waals surface area contributed by atoms with Gasteiger partial charge in [-0.05, 0) is 36.4 Å². The van der Waals surface area contributed by atoms with Gasteiger partial charge in [0.25, 0.3) is 0 Å². The number of nitrogens with zero attached hydrogens (tertiary/aromatic N) is 3. The van der Waals surface area contributed by atoms with Gasteiger partial charge in [0.1, 0.15) is 17.0 Å². The number of benzene rings is 2. The molecule has 3 aromatic rings. The van der Waals surface area contributed by atoms with Crippen molar-refractivity contribution in [3.8, 4) is 5.75 Å². The number of hydrogen-bond acceptors (Lipinski definition) is 5. The summed E-state index contributed by atoms with van der Waals surface area (Å²) >= 11 is 0. The zero-order chi connectivity index (χ0) is 15.5. The fraction of sp³-hybridized carbons (Fsp3) is 0. The Morgan fingerprint density at radius 2 is 1.73 bits per heavy atom. The molecule has 2 aromatic carbocycles. The van der Waals surface area contributed by atoms with Crippen LogP contribution in [0.25, 0.3) is 10.9 Å². The first-order valence-electron chi connectivity index (χ1n) is 6.47. The molecule has 1 heterocycles. The molecule has 0 saturated heterocycles. The third-order valence-corrected chi connectivity index (χ3v) is 3.13. The van der Waals surface area contributed by atoms with Crippen molar-refractivity contribution < 1.29 is 15.0 Å². The standard InChI is InChI=1S/C16H11N3O3/c20-14-8-7-13(10-5-3-9-17-15(10)14)19-18-12-6-2-1-4-11(12)16(21)22/h1-9,20H,(H,21,22)/b19-18+. The predicted molar refractivity (Wildman–Crippen MR) is 81.0 cm³/mol. The van der Waals surface area contributed by atoms with Crippen LogP contribution < -0.4 is 0 Å². The molecule has 0 saturated carbocycles. The largest absolute Gasteiger partial charge is 0.506 e. The van der Waals surface area contributed by atoms with Gasteiger partial charge in [-0.25, -0.2) is 4.79 Å². The van der Waals surface area contributed by atoms with E-state index in [2.05, 4.69) is 15.2 Å². The lowest BCUT2D eigenvalue weighted by Gasteiger charge is -2.03. The van der Waals surface area contributed by atoms with Crippen LogP contribution in [0.5, 0.6) is 5.75 Å². The van der Waals surface area contributed by atoms with E-state index in [1.54, 1.807) is 42.6 Å². The van der Waals surface area contributed by atoms with E-state index in [1.807, 2.05) is 0 Å². The smallest absolute Gasteiger partial charge is 0.337 e. The normalized spacial score (nSPS) is 11.1. The molecule has 22 heavy (non-hydrogen) atoms. The number of aromatic nitrogens is 1. The van der Waals surface area contributed by atoms with Gasteiger partial charge in [-0.2, -0.15) is 0 Å². The van der Waals surface area contributed by atoms with Crippen LogP contribution in [0.3, 0.4) is 0 Å². The summed E-state index contributed by atoms with van der Waals surface area (Å²) in [5, 5.41) is 27.7. The van der Waals surface area contributed by atoms with Gasteiger partial charge in [-0.1, -0.05) is 12.1 Å². The van der Waals surface area contributed by atoms with Crippen molar-refractivity contribution >= 4 is 28.2 Å². The number of phenolic OH excluding ortho intramolecular Hbond substituents is 1. The Hall–Kier alpha value is -3.28. The molecular weight excluding hydrogens is 282 g/mol. The molecule has 2 N–H and O–H groups in total. The average Bonchev–Trinajstić information content (AvgIpc) is 2.55. The van der Waals surface area contributed by atoms with Gasteiger partial charge < -0.3 is 10.2 Å². The fourth-order valence-electron chi connectivity index (χ4n) is 2.08. The molecule has 0 unspecified atom stereocenters. The molecule has 0 atom stereocenters. The van der Waals surface area contributed by atoms with Crippen molar-refractivity contribution in [2.24, 2.45) is 10.2 Å². The number of carboxylic acid groups (broad SMARTS) is 1. The summed E-state index contributed by atoms with van der Waals surface area (Å²) in [5.74, 6) is -1.01. The highest BCUT2D eigenvalue weighted by Gasteiger charge is 2.09. The zero-order valence-corrected chi connectivity index (χ0v) is 11.3. The van der Waals surface area contributed by atoms with Crippen molar-refractivity contribution in [2.45, 2.75) is 0 Å². The van der Waals surface area contributed by atoms with Gasteiger partial charge in [0, 0.05) is 11.6 Å². The van der Waals surface area contributed by atoms with Gasteiger partial charge in [0.2, 0.25) is 0 Å². The van der Waals surface area contributed by atoms with Crippen LogP contribution in [-0.4, -0.2) is 21.2 Å². The van der Waals surface area contributed by atoms with Crippen LogP contribution in [-0.2, 0) is 0 Å². The average molecular weight is 293 g/mol. The van der Waals surface area contributed by atoms with Crippen LogP contribution >= 0.6 is 0 Å². The van der Waals surface area contributed by atoms with Gasteiger partial charge in [-0.3, -0.25) is 4.98 Å². The molecule has 0 aliphatic carbocycles. The summed E-state index contributed by atoms with van der Waals surface area (Å²) in [6.07, 6.45) is 1.57. The minimum atomic E-state index is -1.06. The number of fused-ring (bicyclic) bond motifs is 1. The Morgan fingerprint density at radius 1 is 0.955 bits per heavy atom. The molecular formula is C16H11N3O3. The number of phenols is 1. The number of aromatic carboxylic acids is 1. The molecule has 0 aliphatic heterocycles. The minimum absolute atomic E-state index is 0.0560. The van der Waals surface area contributed by atoms with Gasteiger partial charge >= 0.3 is 5.97 Å². The van der Waals surface area contributed by atoms with Gasteiger partial charge in [0.15, 0.2) is 0 Å². The molecule has 0 fully saturated rings. The zero-order valence-electron chi connectivity index (χ0n) is 11.3. The Morgan fingerprint density at radius 3 is 2.55 bits per heavy atom. The summed E-state index contributed by atoms with van der Waals surface area (Å²) in [6, 6.07) is 12.9. The number of rotatable bonds is 3. The van der Waals surface area contributed by atoms with Crippen LogP contribution in [0.2, 0.25) is 0 Å². The van der Waals surface area contributed by atoms with E-state index < -0.39 is 5.97 Å². The lowest BCUT2D eigenvalue weighted by molar-refractivity contribution is 0.0697. The van der Waals surface area contributed by atoms with Crippen molar-refractivity contribution in [1.82, 2.24) is 4.98 Å².